The molecule has 0 saturated carbocycles. The van der Waals surface area contributed by atoms with Gasteiger partial charge in [-0.15, -0.1) is 0 Å². The fourth-order valence-corrected chi connectivity index (χ4v) is 2.60. The van der Waals surface area contributed by atoms with Gasteiger partial charge < -0.3 is 10.1 Å². The number of rotatable bonds is 12. The van der Waals surface area contributed by atoms with Crippen molar-refractivity contribution in [3.63, 3.8) is 0 Å². The Morgan fingerprint density at radius 1 is 1.27 bits per heavy atom. The molecule has 0 aromatic heterocycles. The standard InChI is InChI=1S/C19H28N2O5/c1-3-5-11-16(13-21(25)14-22)18(23)20-17(19(24)26-4-2)12-15-9-7-6-8-10-15/h6-10,14,16-17,25H,3-5,11-13H2,1-2H3,(H,20,23)/t16-,17+/m1/s1. The highest BCUT2D eigenvalue weighted by Crippen LogP contribution is 2.12. The van der Waals surface area contributed by atoms with Crippen molar-refractivity contribution in [2.75, 3.05) is 13.2 Å². The second-order valence-electron chi connectivity index (χ2n) is 6.07. The van der Waals surface area contributed by atoms with Gasteiger partial charge in [-0.2, -0.15) is 0 Å². The van der Waals surface area contributed by atoms with Crippen molar-refractivity contribution < 1.29 is 24.3 Å². The van der Waals surface area contributed by atoms with Crippen LogP contribution in [-0.2, 0) is 25.5 Å². The van der Waals surface area contributed by atoms with Gasteiger partial charge in [0, 0.05) is 6.42 Å². The van der Waals surface area contributed by atoms with Crippen LogP contribution in [0.3, 0.4) is 0 Å². The molecule has 0 aliphatic carbocycles. The van der Waals surface area contributed by atoms with Crippen molar-refractivity contribution in [2.45, 2.75) is 45.6 Å². The second kappa shape index (κ2) is 12.0. The topological polar surface area (TPSA) is 95.9 Å². The van der Waals surface area contributed by atoms with Crippen molar-refractivity contribution in [1.82, 2.24) is 10.4 Å². The number of unbranched alkanes of at least 4 members (excludes halogenated alkanes) is 1. The fraction of sp³-hybridized carbons (Fsp3) is 0.526. The Hall–Kier alpha value is -2.41. The monoisotopic (exact) mass is 364 g/mol. The van der Waals surface area contributed by atoms with Crippen LogP contribution in [0, 0.1) is 5.92 Å². The van der Waals surface area contributed by atoms with E-state index in [1.54, 1.807) is 6.92 Å². The molecule has 2 N–H and O–H groups in total. The highest BCUT2D eigenvalue weighted by atomic mass is 16.5. The molecule has 0 unspecified atom stereocenters. The highest BCUT2D eigenvalue weighted by Gasteiger charge is 2.27. The molecule has 144 valence electrons. The Balaban J connectivity index is 2.85. The first kappa shape index (κ1) is 21.6. The minimum absolute atomic E-state index is 0.115. The maximum Gasteiger partial charge on any atom is 0.328 e. The Morgan fingerprint density at radius 2 is 1.96 bits per heavy atom. The zero-order valence-electron chi connectivity index (χ0n) is 15.4. The van der Waals surface area contributed by atoms with E-state index in [4.69, 9.17) is 4.74 Å². The number of ether oxygens (including phenoxy) is 1. The van der Waals surface area contributed by atoms with Crippen LogP contribution in [0.25, 0.3) is 0 Å². The van der Waals surface area contributed by atoms with Gasteiger partial charge in [0.25, 0.3) is 0 Å². The quantitative estimate of drug-likeness (QED) is 0.256. The van der Waals surface area contributed by atoms with E-state index in [0.717, 1.165) is 18.4 Å². The molecule has 0 aliphatic heterocycles. The number of amides is 2. The minimum Gasteiger partial charge on any atom is -0.464 e. The van der Waals surface area contributed by atoms with Crippen molar-refractivity contribution in [2.24, 2.45) is 5.92 Å². The third-order valence-corrected chi connectivity index (χ3v) is 3.98. The summed E-state index contributed by atoms with van der Waals surface area (Å²) in [7, 11) is 0. The Bertz CT molecular complexity index is 564. The van der Waals surface area contributed by atoms with Crippen molar-refractivity contribution in [3.05, 3.63) is 35.9 Å². The third kappa shape index (κ3) is 7.65. The zero-order chi connectivity index (χ0) is 19.4. The summed E-state index contributed by atoms with van der Waals surface area (Å²) in [5.41, 5.74) is 0.896. The SMILES string of the molecule is CCCC[C@H](CN(O)C=O)C(=O)N[C@@H](Cc1ccccc1)C(=O)OCC. The van der Waals surface area contributed by atoms with E-state index in [-0.39, 0.29) is 25.5 Å². The molecule has 0 aliphatic rings. The van der Waals surface area contributed by atoms with Crippen LogP contribution >= 0.6 is 0 Å². The van der Waals surface area contributed by atoms with E-state index in [1.165, 1.54) is 0 Å². The number of hydrogen-bond donors (Lipinski definition) is 2. The maximum atomic E-state index is 12.6. The molecule has 2 atom stereocenters. The molecule has 1 aromatic carbocycles. The normalized spacial score (nSPS) is 12.7. The Labute approximate surface area is 154 Å². The molecule has 1 aromatic rings. The van der Waals surface area contributed by atoms with Gasteiger partial charge in [0.15, 0.2) is 0 Å². The molecule has 0 heterocycles. The number of esters is 1. The van der Waals surface area contributed by atoms with Crippen LogP contribution in [0.4, 0.5) is 0 Å². The van der Waals surface area contributed by atoms with Gasteiger partial charge in [0.2, 0.25) is 12.3 Å². The van der Waals surface area contributed by atoms with Gasteiger partial charge >= 0.3 is 5.97 Å². The Kier molecular flexibility index (Phi) is 10.0. The summed E-state index contributed by atoms with van der Waals surface area (Å²) in [4.78, 5) is 35.5. The second-order valence-corrected chi connectivity index (χ2v) is 6.07. The van der Waals surface area contributed by atoms with Gasteiger partial charge in [-0.25, -0.2) is 9.86 Å². The van der Waals surface area contributed by atoms with Gasteiger partial charge in [0.05, 0.1) is 19.1 Å². The number of carbonyl (C=O) groups excluding carboxylic acids is 3. The summed E-state index contributed by atoms with van der Waals surface area (Å²) in [6.45, 7) is 3.80. The average molecular weight is 364 g/mol. The number of benzene rings is 1. The molecule has 7 nitrogen and oxygen atoms in total. The molecule has 0 radical (unpaired) electrons. The van der Waals surface area contributed by atoms with Crippen molar-refractivity contribution in [1.29, 1.82) is 0 Å². The molecule has 2 amide bonds. The molecular weight excluding hydrogens is 336 g/mol. The molecule has 0 fully saturated rings. The van der Waals surface area contributed by atoms with E-state index in [1.807, 2.05) is 37.3 Å². The smallest absolute Gasteiger partial charge is 0.328 e. The summed E-state index contributed by atoms with van der Waals surface area (Å²) < 4.78 is 5.07. The summed E-state index contributed by atoms with van der Waals surface area (Å²) >= 11 is 0. The summed E-state index contributed by atoms with van der Waals surface area (Å²) in [6, 6.07) is 8.51. The lowest BCUT2D eigenvalue weighted by molar-refractivity contribution is -0.156. The lowest BCUT2D eigenvalue weighted by atomic mass is 9.99. The van der Waals surface area contributed by atoms with Crippen molar-refractivity contribution in [3.8, 4) is 0 Å². The van der Waals surface area contributed by atoms with Crippen LogP contribution in [0.15, 0.2) is 30.3 Å². The predicted molar refractivity (Wildman–Crippen MR) is 96.3 cm³/mol. The average Bonchev–Trinajstić information content (AvgIpc) is 2.65. The molecule has 26 heavy (non-hydrogen) atoms. The molecule has 0 spiro atoms. The molecule has 7 heteroatoms. The summed E-state index contributed by atoms with van der Waals surface area (Å²) in [5, 5.41) is 12.6. The molecule has 0 saturated heterocycles. The van der Waals surface area contributed by atoms with E-state index < -0.39 is 17.9 Å². The van der Waals surface area contributed by atoms with Gasteiger partial charge in [-0.1, -0.05) is 50.1 Å². The first-order valence-corrected chi connectivity index (χ1v) is 8.93. The lowest BCUT2D eigenvalue weighted by Gasteiger charge is -2.23. The van der Waals surface area contributed by atoms with Crippen LogP contribution in [0.2, 0.25) is 0 Å². The molecular formula is C19H28N2O5. The van der Waals surface area contributed by atoms with Gasteiger partial charge in [-0.05, 0) is 18.9 Å². The molecule has 0 bridgehead atoms. The van der Waals surface area contributed by atoms with Crippen LogP contribution in [-0.4, -0.2) is 47.8 Å². The van der Waals surface area contributed by atoms with E-state index in [0.29, 0.717) is 17.9 Å². The largest absolute Gasteiger partial charge is 0.464 e. The van der Waals surface area contributed by atoms with Crippen LogP contribution in [0.5, 0.6) is 0 Å². The van der Waals surface area contributed by atoms with Crippen molar-refractivity contribution >= 4 is 18.3 Å². The van der Waals surface area contributed by atoms with E-state index in [9.17, 15) is 19.6 Å². The zero-order valence-corrected chi connectivity index (χ0v) is 15.4. The first-order valence-electron chi connectivity index (χ1n) is 8.93. The predicted octanol–water partition coefficient (Wildman–Crippen LogP) is 1.93. The lowest BCUT2D eigenvalue weighted by Crippen LogP contribution is -2.47. The van der Waals surface area contributed by atoms with Gasteiger partial charge in [0.1, 0.15) is 6.04 Å². The number of hydrogen-bond acceptors (Lipinski definition) is 5. The first-order chi connectivity index (χ1) is 12.5. The van der Waals surface area contributed by atoms with E-state index >= 15 is 0 Å². The van der Waals surface area contributed by atoms with E-state index in [2.05, 4.69) is 5.32 Å². The number of carbonyl (C=O) groups is 3. The highest BCUT2D eigenvalue weighted by molar-refractivity contribution is 5.86. The summed E-state index contributed by atoms with van der Waals surface area (Å²) in [5.74, 6) is -1.48. The number of nitrogens with zero attached hydrogens (tertiary/aromatic N) is 1. The number of hydroxylamine groups is 2. The molecule has 1 rings (SSSR count). The van der Waals surface area contributed by atoms with Gasteiger partial charge in [-0.3, -0.25) is 14.8 Å². The summed E-state index contributed by atoms with van der Waals surface area (Å²) in [6.07, 6.45) is 2.73. The minimum atomic E-state index is -0.822. The fourth-order valence-electron chi connectivity index (χ4n) is 2.60. The van der Waals surface area contributed by atoms with Crippen LogP contribution < -0.4 is 5.32 Å². The Morgan fingerprint density at radius 3 is 2.54 bits per heavy atom. The number of nitrogens with one attached hydrogen (secondary N) is 1. The maximum absolute atomic E-state index is 12.6. The van der Waals surface area contributed by atoms with Crippen LogP contribution in [0.1, 0.15) is 38.7 Å². The third-order valence-electron chi connectivity index (χ3n) is 3.98.